The van der Waals surface area contributed by atoms with Gasteiger partial charge in [0.25, 0.3) is 11.7 Å². The summed E-state index contributed by atoms with van der Waals surface area (Å²) in [6.07, 6.45) is 1.59. The largest absolute Gasteiger partial charge is 0.507 e. The van der Waals surface area contributed by atoms with E-state index in [1.165, 1.54) is 4.90 Å². The minimum atomic E-state index is -0.904. The van der Waals surface area contributed by atoms with Crippen molar-refractivity contribution < 1.29 is 24.2 Å². The first-order chi connectivity index (χ1) is 19.0. The molecule has 1 aliphatic rings. The second-order valence-electron chi connectivity index (χ2n) is 9.11. The van der Waals surface area contributed by atoms with E-state index in [1.807, 2.05) is 44.2 Å². The molecule has 1 saturated heterocycles. The summed E-state index contributed by atoms with van der Waals surface area (Å²) in [7, 11) is 0. The van der Waals surface area contributed by atoms with Gasteiger partial charge in [0, 0.05) is 17.4 Å². The van der Waals surface area contributed by atoms with Gasteiger partial charge in [0.05, 0.1) is 17.9 Å². The zero-order chi connectivity index (χ0) is 27.4. The number of pyridine rings is 1. The van der Waals surface area contributed by atoms with Crippen molar-refractivity contribution in [2.24, 2.45) is 0 Å². The lowest BCUT2D eigenvalue weighted by molar-refractivity contribution is -0.132. The number of Topliss-reactive ketones (excluding diaryl/α,β-unsaturated/α-hetero) is 1. The molecule has 0 saturated carbocycles. The Balaban J connectivity index is 1.52. The number of hydrogen-bond donors (Lipinski definition) is 1. The zero-order valence-electron chi connectivity index (χ0n) is 21.7. The minimum absolute atomic E-state index is 0.0232. The van der Waals surface area contributed by atoms with Crippen LogP contribution in [0.4, 0.5) is 5.69 Å². The Kier molecular flexibility index (Phi) is 7.41. The van der Waals surface area contributed by atoms with Gasteiger partial charge in [-0.05, 0) is 79.6 Å². The molecule has 39 heavy (non-hydrogen) atoms. The van der Waals surface area contributed by atoms with E-state index >= 15 is 0 Å². The third-order valence-electron chi connectivity index (χ3n) is 6.52. The quantitative estimate of drug-likeness (QED) is 0.174. The fraction of sp³-hybridized carbons (Fsp3) is 0.156. The Morgan fingerprint density at radius 3 is 2.33 bits per heavy atom. The van der Waals surface area contributed by atoms with Gasteiger partial charge in [-0.25, -0.2) is 0 Å². The van der Waals surface area contributed by atoms with Gasteiger partial charge in [-0.2, -0.15) is 0 Å². The molecule has 0 spiro atoms. The number of aliphatic hydroxyl groups is 1. The van der Waals surface area contributed by atoms with Gasteiger partial charge < -0.3 is 14.6 Å². The number of nitrogens with zero attached hydrogens (tertiary/aromatic N) is 2. The van der Waals surface area contributed by atoms with E-state index in [0.29, 0.717) is 41.7 Å². The topological polar surface area (TPSA) is 89.0 Å². The van der Waals surface area contributed by atoms with E-state index in [-0.39, 0.29) is 11.3 Å². The summed E-state index contributed by atoms with van der Waals surface area (Å²) >= 11 is 0. The molecular weight excluding hydrogens is 492 g/mol. The van der Waals surface area contributed by atoms with Crippen LogP contribution in [0.15, 0.2) is 103 Å². The van der Waals surface area contributed by atoms with E-state index in [4.69, 9.17) is 9.47 Å². The van der Waals surface area contributed by atoms with Gasteiger partial charge in [-0.15, -0.1) is 0 Å². The fourth-order valence-electron chi connectivity index (χ4n) is 4.64. The van der Waals surface area contributed by atoms with Crippen LogP contribution in [-0.2, 0) is 16.2 Å². The highest BCUT2D eigenvalue weighted by Gasteiger charge is 2.47. The maximum Gasteiger partial charge on any atom is 0.300 e. The molecule has 1 fully saturated rings. The molecule has 1 N–H and O–H groups in total. The summed E-state index contributed by atoms with van der Waals surface area (Å²) in [5, 5.41) is 11.4. The Morgan fingerprint density at radius 1 is 0.923 bits per heavy atom. The average Bonchev–Trinajstić information content (AvgIpc) is 3.23. The number of carbonyl (C=O) groups is 2. The number of hydrogen-bond acceptors (Lipinski definition) is 6. The van der Waals surface area contributed by atoms with Crippen molar-refractivity contribution in [3.8, 4) is 11.5 Å². The Labute approximate surface area is 227 Å². The molecule has 5 rings (SSSR count). The van der Waals surface area contributed by atoms with Gasteiger partial charge in [0.2, 0.25) is 0 Å². The third kappa shape index (κ3) is 5.25. The summed E-state index contributed by atoms with van der Waals surface area (Å²) in [6.45, 7) is 4.66. The van der Waals surface area contributed by atoms with E-state index in [2.05, 4.69) is 4.98 Å². The smallest absolute Gasteiger partial charge is 0.300 e. The molecule has 7 nitrogen and oxygen atoms in total. The highest BCUT2D eigenvalue weighted by molar-refractivity contribution is 6.51. The van der Waals surface area contributed by atoms with Crippen molar-refractivity contribution in [1.29, 1.82) is 0 Å². The Morgan fingerprint density at radius 2 is 1.67 bits per heavy atom. The number of rotatable bonds is 8. The summed E-state index contributed by atoms with van der Waals surface area (Å²) in [4.78, 5) is 32.5. The molecule has 3 aromatic carbocycles. The van der Waals surface area contributed by atoms with Crippen molar-refractivity contribution in [2.45, 2.75) is 26.5 Å². The maximum atomic E-state index is 13.4. The highest BCUT2D eigenvalue weighted by Crippen LogP contribution is 2.42. The number of amides is 1. The van der Waals surface area contributed by atoms with E-state index in [0.717, 1.165) is 11.1 Å². The molecule has 7 heteroatoms. The van der Waals surface area contributed by atoms with Crippen molar-refractivity contribution in [3.63, 3.8) is 0 Å². The number of aryl methyl sites for hydroxylation is 1. The molecule has 196 valence electrons. The number of ketones is 1. The molecule has 1 atom stereocenters. The van der Waals surface area contributed by atoms with Gasteiger partial charge >= 0.3 is 0 Å². The van der Waals surface area contributed by atoms with Crippen LogP contribution in [0.2, 0.25) is 0 Å². The first-order valence-electron chi connectivity index (χ1n) is 12.7. The van der Waals surface area contributed by atoms with Gasteiger partial charge in [0.1, 0.15) is 29.9 Å². The summed E-state index contributed by atoms with van der Waals surface area (Å²) in [6, 6.07) is 26.3. The van der Waals surface area contributed by atoms with Crippen molar-refractivity contribution in [3.05, 3.63) is 125 Å². The summed E-state index contributed by atoms with van der Waals surface area (Å²) < 4.78 is 11.5. The van der Waals surface area contributed by atoms with Crippen LogP contribution in [0.3, 0.4) is 0 Å². The van der Waals surface area contributed by atoms with Crippen LogP contribution in [0.25, 0.3) is 5.76 Å². The molecule has 0 bridgehead atoms. The van der Waals surface area contributed by atoms with E-state index < -0.39 is 17.7 Å². The SMILES string of the molecule is CCOc1ccc(N2C(=O)C(=O)/C(=C(\O)c3ccc(OCc4ccccc4)c(C)c3)C2c2ccccn2)cc1. The van der Waals surface area contributed by atoms with Crippen LogP contribution in [0.5, 0.6) is 11.5 Å². The Bertz CT molecular complexity index is 1520. The number of ether oxygens (including phenoxy) is 2. The Hall–Kier alpha value is -4.91. The second-order valence-corrected chi connectivity index (χ2v) is 9.11. The highest BCUT2D eigenvalue weighted by atomic mass is 16.5. The number of carbonyl (C=O) groups excluding carboxylic acids is 2. The number of aliphatic hydroxyl groups excluding tert-OH is 1. The van der Waals surface area contributed by atoms with E-state index in [9.17, 15) is 14.7 Å². The first kappa shape index (κ1) is 25.7. The lowest BCUT2D eigenvalue weighted by Crippen LogP contribution is -2.29. The number of benzene rings is 3. The predicted molar refractivity (Wildman–Crippen MR) is 149 cm³/mol. The van der Waals surface area contributed by atoms with Crippen LogP contribution in [-0.4, -0.2) is 28.4 Å². The van der Waals surface area contributed by atoms with Gasteiger partial charge in [-0.1, -0.05) is 36.4 Å². The zero-order valence-corrected chi connectivity index (χ0v) is 21.7. The maximum absolute atomic E-state index is 13.4. The normalized spacial score (nSPS) is 16.4. The van der Waals surface area contributed by atoms with Crippen LogP contribution >= 0.6 is 0 Å². The fourth-order valence-corrected chi connectivity index (χ4v) is 4.64. The van der Waals surface area contributed by atoms with E-state index in [1.54, 1.807) is 66.9 Å². The van der Waals surface area contributed by atoms with Crippen molar-refractivity contribution in [1.82, 2.24) is 4.98 Å². The van der Waals surface area contributed by atoms with Crippen LogP contribution < -0.4 is 14.4 Å². The molecule has 0 aliphatic carbocycles. The summed E-state index contributed by atoms with van der Waals surface area (Å²) in [5.74, 6) is -0.478. The predicted octanol–water partition coefficient (Wildman–Crippen LogP) is 5.99. The third-order valence-corrected chi connectivity index (χ3v) is 6.52. The minimum Gasteiger partial charge on any atom is -0.507 e. The molecule has 1 unspecified atom stereocenters. The lowest BCUT2D eigenvalue weighted by atomic mass is 9.97. The molecule has 2 heterocycles. The molecule has 1 amide bonds. The van der Waals surface area contributed by atoms with Crippen LogP contribution in [0, 0.1) is 6.92 Å². The van der Waals surface area contributed by atoms with Crippen LogP contribution in [0.1, 0.15) is 35.3 Å². The van der Waals surface area contributed by atoms with Gasteiger partial charge in [0.15, 0.2) is 0 Å². The summed E-state index contributed by atoms with van der Waals surface area (Å²) in [5.41, 5.74) is 3.16. The van der Waals surface area contributed by atoms with Crippen molar-refractivity contribution in [2.75, 3.05) is 11.5 Å². The average molecular weight is 521 g/mol. The molecular formula is C32H28N2O5. The molecule has 4 aromatic rings. The second kappa shape index (κ2) is 11.2. The standard InChI is InChI=1S/C32H28N2O5/c1-3-38-25-15-13-24(14-16-25)34-29(26-11-7-8-18-33-26)28(31(36)32(34)37)30(35)23-12-17-27(21(2)19-23)39-20-22-9-5-4-6-10-22/h4-19,29,35H,3,20H2,1-2H3/b30-28-. The molecule has 0 radical (unpaired) electrons. The lowest BCUT2D eigenvalue weighted by Gasteiger charge is -2.24. The number of aromatic nitrogens is 1. The van der Waals surface area contributed by atoms with Crippen molar-refractivity contribution >= 4 is 23.1 Å². The molecule has 1 aliphatic heterocycles. The number of anilines is 1. The molecule has 1 aromatic heterocycles. The first-order valence-corrected chi connectivity index (χ1v) is 12.7. The van der Waals surface area contributed by atoms with Gasteiger partial charge in [-0.3, -0.25) is 19.5 Å². The monoisotopic (exact) mass is 520 g/mol.